The number of hydrogen-bond acceptors (Lipinski definition) is 4. The van der Waals surface area contributed by atoms with E-state index in [9.17, 15) is 14.4 Å². The van der Waals surface area contributed by atoms with Gasteiger partial charge in [-0.05, 0) is 49.4 Å². The van der Waals surface area contributed by atoms with Crippen molar-refractivity contribution in [3.8, 4) is 5.75 Å². The highest BCUT2D eigenvalue weighted by Gasteiger charge is 2.10. The molecule has 0 radical (unpaired) electrons. The summed E-state index contributed by atoms with van der Waals surface area (Å²) in [6.45, 7) is 3.75. The van der Waals surface area contributed by atoms with Crippen molar-refractivity contribution in [3.63, 3.8) is 0 Å². The lowest BCUT2D eigenvalue weighted by atomic mass is 10.2. The van der Waals surface area contributed by atoms with Gasteiger partial charge in [0.1, 0.15) is 5.75 Å². The predicted octanol–water partition coefficient (Wildman–Crippen LogP) is 2.12. The van der Waals surface area contributed by atoms with Crippen molar-refractivity contribution in [2.75, 3.05) is 11.9 Å². The van der Waals surface area contributed by atoms with E-state index >= 15 is 0 Å². The van der Waals surface area contributed by atoms with E-state index < -0.39 is 11.8 Å². The fraction of sp³-hybridized carbons (Fsp3) is 0.167. The van der Waals surface area contributed by atoms with Crippen LogP contribution in [0, 0.1) is 0 Å². The first-order valence-electron chi connectivity index (χ1n) is 7.71. The van der Waals surface area contributed by atoms with Crippen molar-refractivity contribution in [1.82, 2.24) is 10.9 Å². The van der Waals surface area contributed by atoms with Gasteiger partial charge in [-0.3, -0.25) is 25.2 Å². The molecule has 2 aromatic rings. The summed E-state index contributed by atoms with van der Waals surface area (Å²) >= 11 is 0. The second-order valence-corrected chi connectivity index (χ2v) is 5.13. The van der Waals surface area contributed by atoms with Crippen molar-refractivity contribution < 1.29 is 19.1 Å². The van der Waals surface area contributed by atoms with Crippen LogP contribution in [-0.2, 0) is 4.79 Å². The van der Waals surface area contributed by atoms with Crippen LogP contribution in [0.25, 0.3) is 0 Å². The van der Waals surface area contributed by atoms with Crippen LogP contribution < -0.4 is 20.9 Å². The quantitative estimate of drug-likeness (QED) is 0.726. The van der Waals surface area contributed by atoms with Crippen LogP contribution >= 0.6 is 0 Å². The molecule has 0 saturated heterocycles. The van der Waals surface area contributed by atoms with Gasteiger partial charge in [0.25, 0.3) is 11.8 Å². The number of ether oxygens (including phenoxy) is 1. The smallest absolute Gasteiger partial charge is 0.269 e. The molecule has 7 heteroatoms. The molecule has 0 atom stereocenters. The molecule has 0 fully saturated rings. The summed E-state index contributed by atoms with van der Waals surface area (Å²) in [7, 11) is 0. The summed E-state index contributed by atoms with van der Waals surface area (Å²) in [6.07, 6.45) is 0. The minimum absolute atomic E-state index is 0.196. The molecule has 7 nitrogen and oxygen atoms in total. The third-order valence-electron chi connectivity index (χ3n) is 3.16. The second kappa shape index (κ2) is 8.49. The van der Waals surface area contributed by atoms with Crippen LogP contribution in [0.2, 0.25) is 0 Å². The summed E-state index contributed by atoms with van der Waals surface area (Å²) in [5.74, 6) is -0.540. The predicted molar refractivity (Wildman–Crippen MR) is 93.3 cm³/mol. The molecule has 0 saturated carbocycles. The Kier molecular flexibility index (Phi) is 6.11. The van der Waals surface area contributed by atoms with Crippen LogP contribution in [-0.4, -0.2) is 24.3 Å². The number of hydrazine groups is 1. The summed E-state index contributed by atoms with van der Waals surface area (Å²) < 4.78 is 5.33. The molecule has 0 unspecified atom stereocenters. The molecule has 3 amide bonds. The van der Waals surface area contributed by atoms with E-state index in [0.29, 0.717) is 29.2 Å². The molecule has 3 N–H and O–H groups in total. The Labute approximate surface area is 145 Å². The monoisotopic (exact) mass is 341 g/mol. The molecule has 0 aromatic heterocycles. The minimum Gasteiger partial charge on any atom is -0.494 e. The van der Waals surface area contributed by atoms with Crippen molar-refractivity contribution >= 4 is 23.4 Å². The van der Waals surface area contributed by atoms with Crippen LogP contribution in [0.1, 0.15) is 34.6 Å². The summed E-state index contributed by atoms with van der Waals surface area (Å²) in [5, 5.41) is 2.61. The summed E-state index contributed by atoms with van der Waals surface area (Å²) in [4.78, 5) is 35.1. The Morgan fingerprint density at radius 1 is 0.920 bits per heavy atom. The fourth-order valence-corrected chi connectivity index (χ4v) is 2.06. The molecule has 0 aliphatic carbocycles. The maximum atomic E-state index is 12.1. The van der Waals surface area contributed by atoms with E-state index in [0.717, 1.165) is 0 Å². The molecule has 2 rings (SSSR count). The Hall–Kier alpha value is -3.35. The first kappa shape index (κ1) is 18.0. The lowest BCUT2D eigenvalue weighted by Gasteiger charge is -2.09. The van der Waals surface area contributed by atoms with Crippen LogP contribution in [0.4, 0.5) is 5.69 Å². The normalized spacial score (nSPS) is 9.84. The Bertz CT molecular complexity index is 772. The Balaban J connectivity index is 1.93. The first-order chi connectivity index (χ1) is 12.0. The third kappa shape index (κ3) is 5.35. The zero-order valence-electron chi connectivity index (χ0n) is 14.0. The van der Waals surface area contributed by atoms with Gasteiger partial charge in [0, 0.05) is 23.7 Å². The highest BCUT2D eigenvalue weighted by molar-refractivity contribution is 5.99. The van der Waals surface area contributed by atoms with Gasteiger partial charge >= 0.3 is 0 Å². The van der Waals surface area contributed by atoms with E-state index in [1.165, 1.54) is 6.92 Å². The molecule has 0 aliphatic heterocycles. The van der Waals surface area contributed by atoms with E-state index in [1.807, 2.05) is 6.92 Å². The van der Waals surface area contributed by atoms with Crippen molar-refractivity contribution in [2.24, 2.45) is 0 Å². The standard InChI is InChI=1S/C18H19N3O4/c1-3-25-16-6-4-5-14(11-16)18(24)21-20-17(23)13-7-9-15(10-8-13)19-12(2)22/h4-11H,3H2,1-2H3,(H,19,22)(H,20,23)(H,21,24). The molecule has 2 aromatic carbocycles. The van der Waals surface area contributed by atoms with Crippen LogP contribution in [0.3, 0.4) is 0 Å². The number of rotatable bonds is 5. The van der Waals surface area contributed by atoms with Crippen LogP contribution in [0.5, 0.6) is 5.75 Å². The Morgan fingerprint density at radius 3 is 2.16 bits per heavy atom. The summed E-state index contributed by atoms with van der Waals surface area (Å²) in [5.41, 5.74) is 5.99. The highest BCUT2D eigenvalue weighted by Crippen LogP contribution is 2.13. The van der Waals surface area contributed by atoms with E-state index in [2.05, 4.69) is 16.2 Å². The van der Waals surface area contributed by atoms with Gasteiger partial charge in [-0.2, -0.15) is 0 Å². The topological polar surface area (TPSA) is 96.5 Å². The van der Waals surface area contributed by atoms with Gasteiger partial charge in [-0.25, -0.2) is 0 Å². The number of carbonyl (C=O) groups excluding carboxylic acids is 3. The second-order valence-electron chi connectivity index (χ2n) is 5.13. The van der Waals surface area contributed by atoms with Gasteiger partial charge in [-0.15, -0.1) is 0 Å². The number of amides is 3. The number of nitrogens with one attached hydrogen (secondary N) is 3. The maximum Gasteiger partial charge on any atom is 0.269 e. The largest absolute Gasteiger partial charge is 0.494 e. The molecule has 25 heavy (non-hydrogen) atoms. The van der Waals surface area contributed by atoms with Gasteiger partial charge in [0.15, 0.2) is 0 Å². The molecule has 0 aliphatic rings. The maximum absolute atomic E-state index is 12.1. The molecular weight excluding hydrogens is 322 g/mol. The number of carbonyl (C=O) groups is 3. The molecule has 0 spiro atoms. The first-order valence-corrected chi connectivity index (χ1v) is 7.71. The van der Waals surface area contributed by atoms with Crippen molar-refractivity contribution in [2.45, 2.75) is 13.8 Å². The van der Waals surface area contributed by atoms with Gasteiger partial charge in [-0.1, -0.05) is 6.07 Å². The van der Waals surface area contributed by atoms with Crippen LogP contribution in [0.15, 0.2) is 48.5 Å². The number of hydrogen-bond donors (Lipinski definition) is 3. The van der Waals surface area contributed by atoms with E-state index in [-0.39, 0.29) is 5.91 Å². The molecular formula is C18H19N3O4. The molecule has 130 valence electrons. The van der Waals surface area contributed by atoms with Gasteiger partial charge < -0.3 is 10.1 Å². The number of benzene rings is 2. The number of anilines is 1. The highest BCUT2D eigenvalue weighted by atomic mass is 16.5. The van der Waals surface area contributed by atoms with E-state index in [1.54, 1.807) is 48.5 Å². The average Bonchev–Trinajstić information content (AvgIpc) is 2.60. The average molecular weight is 341 g/mol. The molecule has 0 heterocycles. The van der Waals surface area contributed by atoms with Gasteiger partial charge in [0.2, 0.25) is 5.91 Å². The molecule has 0 bridgehead atoms. The zero-order chi connectivity index (χ0) is 18.2. The minimum atomic E-state index is -0.469. The Morgan fingerprint density at radius 2 is 1.56 bits per heavy atom. The van der Waals surface area contributed by atoms with Gasteiger partial charge in [0.05, 0.1) is 6.61 Å². The fourth-order valence-electron chi connectivity index (χ4n) is 2.06. The summed E-state index contributed by atoms with van der Waals surface area (Å²) in [6, 6.07) is 12.9. The lowest BCUT2D eigenvalue weighted by Crippen LogP contribution is -2.41. The zero-order valence-corrected chi connectivity index (χ0v) is 14.0. The van der Waals surface area contributed by atoms with Crippen molar-refractivity contribution in [3.05, 3.63) is 59.7 Å². The third-order valence-corrected chi connectivity index (χ3v) is 3.16. The van der Waals surface area contributed by atoms with E-state index in [4.69, 9.17) is 4.74 Å². The van der Waals surface area contributed by atoms with Crippen molar-refractivity contribution in [1.29, 1.82) is 0 Å². The SMILES string of the molecule is CCOc1cccc(C(=O)NNC(=O)c2ccc(NC(C)=O)cc2)c1. The lowest BCUT2D eigenvalue weighted by molar-refractivity contribution is -0.114.